The van der Waals surface area contributed by atoms with Gasteiger partial charge in [0, 0.05) is 11.8 Å². The molecule has 5 aliphatic heterocycles. The molecule has 0 aromatic heterocycles. The van der Waals surface area contributed by atoms with Crippen LogP contribution in [0, 0.1) is 56.7 Å². The molecule has 25 nitrogen and oxygen atoms in total. The SMILES string of the molecule is C=C(C)C1CC[C@]2(C(=O)O[C@H]3C[C@@H](O)[C@H](O)[C@@H](CCO[C@@H]4O[C@H](CO)[C@@H](O[C@@H]5O[C@@H](C)[C@H](O)[C@@H](O)[C@H]5O)[C@H](O)[C@H]4O)O3)CC[C@]3(C)[C@H](CCC4[C@@]5(C)CC[C@H](O[C@@H]6OC[C@H](O)[C@H](O)[C@H]6O[C@@H]6O[C@@H](C)[C@H](O)[C@@H](O)[C@H]6O)[C@@](C)(CO)[C@@H]5CC[C@]43C)[C@H]12. The predicted molar refractivity (Wildman–Crippen MR) is 291 cm³/mol. The van der Waals surface area contributed by atoms with E-state index in [1.165, 1.54) is 13.8 Å². The molecule has 5 aliphatic carbocycles. The highest BCUT2D eigenvalue weighted by atomic mass is 16.8. The van der Waals surface area contributed by atoms with E-state index < -0.39 is 171 Å². The summed E-state index contributed by atoms with van der Waals surface area (Å²) in [6.07, 6.45) is -26.5. The van der Waals surface area contributed by atoms with Gasteiger partial charge in [0.05, 0.1) is 62.4 Å². The molecule has 85 heavy (non-hydrogen) atoms. The number of rotatable bonds is 15. The van der Waals surface area contributed by atoms with Crippen molar-refractivity contribution in [3.05, 3.63) is 12.2 Å². The van der Waals surface area contributed by atoms with Crippen molar-refractivity contribution in [3.8, 4) is 0 Å². The van der Waals surface area contributed by atoms with Crippen LogP contribution in [0.4, 0.5) is 0 Å². The van der Waals surface area contributed by atoms with Gasteiger partial charge in [0.25, 0.3) is 0 Å². The first-order valence-electron chi connectivity index (χ1n) is 31.1. The largest absolute Gasteiger partial charge is 0.435 e. The van der Waals surface area contributed by atoms with E-state index in [9.17, 15) is 71.5 Å². The molecule has 14 N–H and O–H groups in total. The number of carbonyl (C=O) groups is 1. The van der Waals surface area contributed by atoms with Crippen molar-refractivity contribution in [3.63, 3.8) is 0 Å². The van der Waals surface area contributed by atoms with Crippen LogP contribution in [0.15, 0.2) is 12.2 Å². The van der Waals surface area contributed by atoms with Crippen molar-refractivity contribution < 1.29 is 124 Å². The van der Waals surface area contributed by atoms with Gasteiger partial charge in [-0.05, 0) is 137 Å². The van der Waals surface area contributed by atoms with E-state index in [-0.39, 0.29) is 78.5 Å². The average molecular weight is 1220 g/mol. The maximum atomic E-state index is 15.2. The van der Waals surface area contributed by atoms with Gasteiger partial charge in [-0.3, -0.25) is 4.79 Å². The smallest absolute Gasteiger partial charge is 0.314 e. The summed E-state index contributed by atoms with van der Waals surface area (Å²) < 4.78 is 59.9. The second kappa shape index (κ2) is 25.1. The topological polar surface area (TPSA) is 393 Å². The maximum Gasteiger partial charge on any atom is 0.314 e. The van der Waals surface area contributed by atoms with E-state index >= 15 is 4.79 Å². The summed E-state index contributed by atoms with van der Waals surface area (Å²) in [4.78, 5) is 15.2. The highest BCUT2D eigenvalue weighted by Gasteiger charge is 2.73. The summed E-state index contributed by atoms with van der Waals surface area (Å²) in [6, 6.07) is 0. The van der Waals surface area contributed by atoms with E-state index in [2.05, 4.69) is 27.4 Å². The van der Waals surface area contributed by atoms with Gasteiger partial charge in [-0.15, -0.1) is 0 Å². The van der Waals surface area contributed by atoms with Gasteiger partial charge in [0.2, 0.25) is 6.29 Å². The molecule has 5 saturated carbocycles. The zero-order chi connectivity index (χ0) is 61.8. The lowest BCUT2D eigenvalue weighted by molar-refractivity contribution is -0.366. The Labute approximate surface area is 496 Å². The van der Waals surface area contributed by atoms with Gasteiger partial charge in [-0.25, -0.2) is 0 Å². The van der Waals surface area contributed by atoms with Crippen molar-refractivity contribution in [1.82, 2.24) is 0 Å². The van der Waals surface area contributed by atoms with E-state index in [4.69, 9.17) is 47.4 Å². The Balaban J connectivity index is 0.795. The van der Waals surface area contributed by atoms with Crippen molar-refractivity contribution in [1.29, 1.82) is 0 Å². The van der Waals surface area contributed by atoms with Gasteiger partial charge < -0.3 is 119 Å². The fourth-order valence-electron chi connectivity index (χ4n) is 18.6. The number of aliphatic hydroxyl groups is 14. The molecule has 34 atom stereocenters. The fraction of sp³-hybridized carbons (Fsp3) is 0.950. The molecule has 10 aliphatic rings. The number of esters is 1. The monoisotopic (exact) mass is 1220 g/mol. The number of hydrogen-bond donors (Lipinski definition) is 14. The lowest BCUT2D eigenvalue weighted by Gasteiger charge is -2.73. The van der Waals surface area contributed by atoms with Crippen LogP contribution in [-0.2, 0) is 52.2 Å². The lowest BCUT2D eigenvalue weighted by Crippen LogP contribution is -2.68. The summed E-state index contributed by atoms with van der Waals surface area (Å²) in [5.74, 6) is -0.183. The second-order valence-corrected chi connectivity index (χ2v) is 28.2. The number of fused-ring (bicyclic) bond motifs is 7. The van der Waals surface area contributed by atoms with Crippen LogP contribution < -0.4 is 0 Å². The van der Waals surface area contributed by atoms with Crippen LogP contribution >= 0.6 is 0 Å². The van der Waals surface area contributed by atoms with Crippen LogP contribution in [0.3, 0.4) is 0 Å². The Morgan fingerprint density at radius 2 is 1.21 bits per heavy atom. The fourth-order valence-corrected chi connectivity index (χ4v) is 18.6. The van der Waals surface area contributed by atoms with E-state index in [0.717, 1.165) is 50.5 Å². The summed E-state index contributed by atoms with van der Waals surface area (Å²) in [5, 5.41) is 151. The third-order valence-electron chi connectivity index (χ3n) is 23.8. The maximum absolute atomic E-state index is 15.2. The second-order valence-electron chi connectivity index (χ2n) is 28.2. The molecule has 0 radical (unpaired) electrons. The molecular weight excluding hydrogens is 1120 g/mol. The first-order chi connectivity index (χ1) is 40.0. The number of aliphatic hydroxyl groups excluding tert-OH is 14. The Bertz CT molecular complexity index is 2320. The standard InChI is InChI=1S/C60H98O25/c1-25(2)28-11-17-60(55(75)83-37-21-30(63)41(67)32(80-37)14-20-76-51-48(74)45(71)49(33(22-61)81-51)84-52-46(72)43(69)39(65)26(3)78-52)19-18-58(7)29(38(28)60)9-10-35-56(5)15-13-36(57(6,24-62)34(56)12-16-59(35,58)8)82-54-50(42(68)31(64)23-77-54)85-53-47(73)44(70)40(66)27(4)79-53/h26-54,61-74H,1,9-24H2,2-8H3/t26-,27-,28?,29+,30+,31-,32+,33+,34+,35?,36-,37-,38-,39-,40-,41-,42-,43+,44+,45+,46+,47+,48+,49+,50+,51+,52-,53-,54-,56-,57-,58+,59+,60-/m0/s1. The molecule has 0 spiro atoms. The Kier molecular flexibility index (Phi) is 19.5. The van der Waals surface area contributed by atoms with E-state index in [1.807, 2.05) is 13.8 Å². The van der Waals surface area contributed by atoms with Crippen molar-refractivity contribution in [2.75, 3.05) is 26.4 Å². The van der Waals surface area contributed by atoms with E-state index in [1.54, 1.807) is 0 Å². The lowest BCUT2D eigenvalue weighted by atomic mass is 9.32. The Morgan fingerprint density at radius 1 is 0.576 bits per heavy atom. The molecule has 5 heterocycles. The van der Waals surface area contributed by atoms with Crippen LogP contribution in [0.5, 0.6) is 0 Å². The molecule has 2 unspecified atom stereocenters. The molecule has 10 fully saturated rings. The molecule has 0 aromatic carbocycles. The van der Waals surface area contributed by atoms with Crippen molar-refractivity contribution in [2.24, 2.45) is 56.7 Å². The van der Waals surface area contributed by atoms with Gasteiger partial charge >= 0.3 is 5.97 Å². The van der Waals surface area contributed by atoms with Crippen LogP contribution in [0.2, 0.25) is 0 Å². The highest BCUT2D eigenvalue weighted by molar-refractivity contribution is 5.78. The molecule has 0 bridgehead atoms. The quantitative estimate of drug-likeness (QED) is 0.0516. The van der Waals surface area contributed by atoms with Gasteiger partial charge in [0.15, 0.2) is 25.2 Å². The van der Waals surface area contributed by atoms with Gasteiger partial charge in [-0.2, -0.15) is 0 Å². The summed E-state index contributed by atoms with van der Waals surface area (Å²) in [5.41, 5.74) is -1.37. The summed E-state index contributed by atoms with van der Waals surface area (Å²) in [6.45, 7) is 17.3. The average Bonchev–Trinajstić information content (AvgIpc) is 1.82. The Hall–Kier alpha value is -1.71. The zero-order valence-corrected chi connectivity index (χ0v) is 50.0. The van der Waals surface area contributed by atoms with Crippen LogP contribution in [-0.4, -0.2) is 251 Å². The molecule has 0 aromatic rings. The first-order valence-corrected chi connectivity index (χ1v) is 31.1. The molecule has 10 rings (SSSR count). The van der Waals surface area contributed by atoms with Crippen molar-refractivity contribution in [2.45, 2.75) is 273 Å². The number of hydrogen-bond acceptors (Lipinski definition) is 25. The van der Waals surface area contributed by atoms with Gasteiger partial charge in [0.1, 0.15) is 85.5 Å². The highest BCUT2D eigenvalue weighted by Crippen LogP contribution is 2.78. The number of carbonyl (C=O) groups excluding carboxylic acids is 1. The first kappa shape index (κ1) is 66.2. The zero-order valence-electron chi connectivity index (χ0n) is 50.0. The minimum absolute atomic E-state index is 0.0162. The van der Waals surface area contributed by atoms with E-state index in [0.29, 0.717) is 19.3 Å². The summed E-state index contributed by atoms with van der Waals surface area (Å²) >= 11 is 0. The van der Waals surface area contributed by atoms with Crippen molar-refractivity contribution >= 4 is 5.97 Å². The number of ether oxygens (including phenoxy) is 10. The van der Waals surface area contributed by atoms with Gasteiger partial charge in [-0.1, -0.05) is 39.8 Å². The normalized spacial score (nSPS) is 55.4. The molecule has 5 saturated heterocycles. The van der Waals surface area contributed by atoms with Crippen LogP contribution in [0.1, 0.15) is 126 Å². The molecule has 25 heteroatoms. The third-order valence-corrected chi connectivity index (χ3v) is 23.8. The minimum Gasteiger partial charge on any atom is -0.435 e. The Morgan fingerprint density at radius 3 is 1.84 bits per heavy atom. The molecular formula is C60H98O25. The third kappa shape index (κ3) is 11.2. The van der Waals surface area contributed by atoms with Crippen LogP contribution in [0.25, 0.3) is 0 Å². The minimum atomic E-state index is -1.76. The molecule has 488 valence electrons. The predicted octanol–water partition coefficient (Wildman–Crippen LogP) is -1.27. The summed E-state index contributed by atoms with van der Waals surface area (Å²) in [7, 11) is 0. The molecule has 0 amide bonds. The number of allylic oxidation sites excluding steroid dienone is 1.